The first-order chi connectivity index (χ1) is 7.32. The highest BCUT2D eigenvalue weighted by Crippen LogP contribution is 2.18. The van der Waals surface area contributed by atoms with Gasteiger partial charge in [-0.05, 0) is 32.6 Å². The number of carboxylic acid groups (broad SMARTS) is 1. The number of ether oxygens (including phenoxy) is 1. The van der Waals surface area contributed by atoms with Crippen LogP contribution in [0.4, 0.5) is 0 Å². The zero-order chi connectivity index (χ0) is 12.7. The van der Waals surface area contributed by atoms with Crippen molar-refractivity contribution in [1.29, 1.82) is 0 Å². The van der Waals surface area contributed by atoms with Crippen LogP contribution in [0.2, 0.25) is 0 Å². The lowest BCUT2D eigenvalue weighted by Crippen LogP contribution is -2.26. The summed E-state index contributed by atoms with van der Waals surface area (Å²) in [6.45, 7) is 7.93. The average molecular weight is 232 g/mol. The third-order valence-electron chi connectivity index (χ3n) is 2.28. The van der Waals surface area contributed by atoms with Crippen LogP contribution in [0.15, 0.2) is 0 Å². The number of hydrogen-bond donors (Lipinski definition) is 2. The highest BCUT2D eigenvalue weighted by atomic mass is 16.5. The Labute approximate surface area is 97.6 Å². The maximum absolute atomic E-state index is 11.0. The van der Waals surface area contributed by atoms with Gasteiger partial charge < -0.3 is 14.9 Å². The SMILES string of the molecule is CC(C)CC(CC(O)COC(C)C)C(=O)O. The minimum absolute atomic E-state index is 0.0584. The lowest BCUT2D eigenvalue weighted by atomic mass is 9.92. The van der Waals surface area contributed by atoms with Gasteiger partial charge in [-0.25, -0.2) is 0 Å². The summed E-state index contributed by atoms with van der Waals surface area (Å²) in [4.78, 5) is 11.0. The topological polar surface area (TPSA) is 66.8 Å². The fourth-order valence-corrected chi connectivity index (χ4v) is 1.57. The van der Waals surface area contributed by atoms with Crippen LogP contribution in [0, 0.1) is 11.8 Å². The van der Waals surface area contributed by atoms with E-state index in [0.29, 0.717) is 12.3 Å². The van der Waals surface area contributed by atoms with E-state index in [0.717, 1.165) is 0 Å². The second kappa shape index (κ2) is 7.63. The Kier molecular flexibility index (Phi) is 7.34. The second-order valence-corrected chi connectivity index (χ2v) is 4.94. The van der Waals surface area contributed by atoms with Crippen LogP contribution < -0.4 is 0 Å². The predicted octanol–water partition coefficient (Wildman–Crippen LogP) is 1.91. The van der Waals surface area contributed by atoms with Crippen molar-refractivity contribution >= 4 is 5.97 Å². The Morgan fingerprint density at radius 3 is 2.12 bits per heavy atom. The van der Waals surface area contributed by atoms with Crippen molar-refractivity contribution in [3.8, 4) is 0 Å². The van der Waals surface area contributed by atoms with Crippen molar-refractivity contribution in [1.82, 2.24) is 0 Å². The molecule has 4 heteroatoms. The average Bonchev–Trinajstić information content (AvgIpc) is 2.12. The fourth-order valence-electron chi connectivity index (χ4n) is 1.57. The Hall–Kier alpha value is -0.610. The van der Waals surface area contributed by atoms with Gasteiger partial charge in [0.15, 0.2) is 0 Å². The molecular weight excluding hydrogens is 208 g/mol. The highest BCUT2D eigenvalue weighted by molar-refractivity contribution is 5.69. The summed E-state index contributed by atoms with van der Waals surface area (Å²) < 4.78 is 5.25. The van der Waals surface area contributed by atoms with Crippen LogP contribution >= 0.6 is 0 Å². The molecule has 96 valence electrons. The molecule has 0 aromatic rings. The Bertz CT molecular complexity index is 201. The molecular formula is C12H24O4. The molecule has 0 amide bonds. The molecule has 4 nitrogen and oxygen atoms in total. The molecule has 0 rings (SSSR count). The molecule has 16 heavy (non-hydrogen) atoms. The van der Waals surface area contributed by atoms with E-state index in [1.807, 2.05) is 27.7 Å². The maximum Gasteiger partial charge on any atom is 0.306 e. The molecule has 2 atom stereocenters. The summed E-state index contributed by atoms with van der Waals surface area (Å²) in [5.41, 5.74) is 0. The molecule has 0 heterocycles. The summed E-state index contributed by atoms with van der Waals surface area (Å²) in [5, 5.41) is 18.6. The van der Waals surface area contributed by atoms with Gasteiger partial charge in [-0.1, -0.05) is 13.8 Å². The van der Waals surface area contributed by atoms with Crippen LogP contribution in [0.25, 0.3) is 0 Å². The van der Waals surface area contributed by atoms with E-state index >= 15 is 0 Å². The number of aliphatic hydroxyl groups excluding tert-OH is 1. The standard InChI is InChI=1S/C12H24O4/c1-8(2)5-10(12(14)15)6-11(13)7-16-9(3)4/h8-11,13H,5-7H2,1-4H3,(H,14,15). The molecule has 0 saturated heterocycles. The molecule has 0 spiro atoms. The van der Waals surface area contributed by atoms with Crippen LogP contribution in [-0.2, 0) is 9.53 Å². The van der Waals surface area contributed by atoms with Gasteiger partial charge in [0, 0.05) is 0 Å². The minimum atomic E-state index is -0.836. The van der Waals surface area contributed by atoms with Gasteiger partial charge in [0.1, 0.15) is 0 Å². The van der Waals surface area contributed by atoms with Gasteiger partial charge in [-0.3, -0.25) is 4.79 Å². The molecule has 0 saturated carbocycles. The predicted molar refractivity (Wildman–Crippen MR) is 62.3 cm³/mol. The molecule has 0 fully saturated rings. The number of carboxylic acids is 1. The van der Waals surface area contributed by atoms with E-state index in [2.05, 4.69) is 0 Å². The summed E-state index contributed by atoms with van der Waals surface area (Å²) >= 11 is 0. The van der Waals surface area contributed by atoms with Gasteiger partial charge in [-0.2, -0.15) is 0 Å². The smallest absolute Gasteiger partial charge is 0.306 e. The molecule has 0 aliphatic rings. The molecule has 0 radical (unpaired) electrons. The summed E-state index contributed by atoms with van der Waals surface area (Å²) in [6, 6.07) is 0. The number of hydrogen-bond acceptors (Lipinski definition) is 3. The van der Waals surface area contributed by atoms with E-state index in [1.54, 1.807) is 0 Å². The molecule has 2 unspecified atom stereocenters. The van der Waals surface area contributed by atoms with Crippen molar-refractivity contribution in [2.75, 3.05) is 6.61 Å². The normalized spacial score (nSPS) is 15.4. The maximum atomic E-state index is 11.0. The van der Waals surface area contributed by atoms with Crippen LogP contribution in [0.1, 0.15) is 40.5 Å². The molecule has 0 aromatic carbocycles. The van der Waals surface area contributed by atoms with Crippen molar-refractivity contribution in [3.05, 3.63) is 0 Å². The minimum Gasteiger partial charge on any atom is -0.481 e. The van der Waals surface area contributed by atoms with Crippen molar-refractivity contribution < 1.29 is 19.7 Å². The van der Waals surface area contributed by atoms with Gasteiger partial charge in [0.25, 0.3) is 0 Å². The van der Waals surface area contributed by atoms with E-state index in [1.165, 1.54) is 0 Å². The Morgan fingerprint density at radius 1 is 1.19 bits per heavy atom. The molecule has 2 N–H and O–H groups in total. The van der Waals surface area contributed by atoms with E-state index in [-0.39, 0.29) is 19.1 Å². The quantitative estimate of drug-likeness (QED) is 0.671. The number of carbonyl (C=O) groups is 1. The number of rotatable bonds is 8. The van der Waals surface area contributed by atoms with Gasteiger partial charge in [0.05, 0.1) is 24.7 Å². The van der Waals surface area contributed by atoms with E-state index in [9.17, 15) is 9.90 Å². The van der Waals surface area contributed by atoms with Crippen LogP contribution in [0.5, 0.6) is 0 Å². The van der Waals surface area contributed by atoms with Gasteiger partial charge in [0.2, 0.25) is 0 Å². The van der Waals surface area contributed by atoms with Crippen molar-refractivity contribution in [2.24, 2.45) is 11.8 Å². The third-order valence-corrected chi connectivity index (χ3v) is 2.28. The first-order valence-corrected chi connectivity index (χ1v) is 5.85. The van der Waals surface area contributed by atoms with Crippen LogP contribution in [0.3, 0.4) is 0 Å². The largest absolute Gasteiger partial charge is 0.481 e. The summed E-state index contributed by atoms with van der Waals surface area (Å²) in [7, 11) is 0. The van der Waals surface area contributed by atoms with Gasteiger partial charge in [-0.15, -0.1) is 0 Å². The zero-order valence-electron chi connectivity index (χ0n) is 10.6. The van der Waals surface area contributed by atoms with Gasteiger partial charge >= 0.3 is 5.97 Å². The molecule has 0 aromatic heterocycles. The highest BCUT2D eigenvalue weighted by Gasteiger charge is 2.22. The van der Waals surface area contributed by atoms with Crippen molar-refractivity contribution in [3.63, 3.8) is 0 Å². The van der Waals surface area contributed by atoms with E-state index < -0.39 is 18.0 Å². The molecule has 0 aliphatic heterocycles. The second-order valence-electron chi connectivity index (χ2n) is 4.94. The van der Waals surface area contributed by atoms with Crippen molar-refractivity contribution in [2.45, 2.75) is 52.7 Å². The molecule has 0 bridgehead atoms. The monoisotopic (exact) mass is 232 g/mol. The fraction of sp³-hybridized carbons (Fsp3) is 0.917. The summed E-state index contributed by atoms with van der Waals surface area (Å²) in [5.74, 6) is -0.998. The first kappa shape index (κ1) is 15.4. The zero-order valence-corrected chi connectivity index (χ0v) is 10.6. The lowest BCUT2D eigenvalue weighted by molar-refractivity contribution is -0.144. The van der Waals surface area contributed by atoms with Crippen LogP contribution in [-0.4, -0.2) is 35.0 Å². The Morgan fingerprint density at radius 2 is 1.75 bits per heavy atom. The molecule has 0 aliphatic carbocycles. The third kappa shape index (κ3) is 7.65. The number of aliphatic hydroxyl groups is 1. The van der Waals surface area contributed by atoms with E-state index in [4.69, 9.17) is 9.84 Å². The first-order valence-electron chi connectivity index (χ1n) is 5.85. The lowest BCUT2D eigenvalue weighted by Gasteiger charge is -2.19. The number of aliphatic carboxylic acids is 1. The Balaban J connectivity index is 4.03. The summed E-state index contributed by atoms with van der Waals surface area (Å²) in [6.07, 6.45) is 0.221.